The van der Waals surface area contributed by atoms with Crippen LogP contribution in [0.25, 0.3) is 0 Å². The minimum absolute atomic E-state index is 0.330. The maximum absolute atomic E-state index is 5.47. The molecule has 6 nitrogen and oxygen atoms in total. The Morgan fingerprint density at radius 1 is 1.43 bits per heavy atom. The summed E-state index contributed by atoms with van der Waals surface area (Å²) in [7, 11) is 1.98. The van der Waals surface area contributed by atoms with Gasteiger partial charge in [0.15, 0.2) is 0 Å². The van der Waals surface area contributed by atoms with Crippen LogP contribution in [-0.2, 0) is 11.3 Å². The lowest BCUT2D eigenvalue weighted by atomic mass is 10.1. The molecular formula is C15H20N4O2. The summed E-state index contributed by atoms with van der Waals surface area (Å²) in [4.78, 5) is 10.6. The second kappa shape index (κ2) is 6.58. The molecule has 21 heavy (non-hydrogen) atoms. The molecule has 0 saturated carbocycles. The molecule has 1 fully saturated rings. The Morgan fingerprint density at radius 3 is 3.14 bits per heavy atom. The highest BCUT2D eigenvalue weighted by Gasteiger charge is 2.14. The van der Waals surface area contributed by atoms with Crippen molar-refractivity contribution in [1.29, 1.82) is 0 Å². The number of hydrogen-bond donors (Lipinski definition) is 1. The van der Waals surface area contributed by atoms with Gasteiger partial charge in [0.25, 0.3) is 0 Å². The fraction of sp³-hybridized carbons (Fsp3) is 0.467. The van der Waals surface area contributed by atoms with Gasteiger partial charge >= 0.3 is 0 Å². The quantitative estimate of drug-likeness (QED) is 0.911. The number of aromatic nitrogens is 2. The summed E-state index contributed by atoms with van der Waals surface area (Å²) in [6.07, 6.45) is 5.47. The zero-order valence-electron chi connectivity index (χ0n) is 12.2. The third kappa shape index (κ3) is 3.72. The Balaban J connectivity index is 1.64. The first kappa shape index (κ1) is 13.9. The van der Waals surface area contributed by atoms with Crippen LogP contribution < -0.4 is 10.2 Å². The Bertz CT molecular complexity index is 553. The van der Waals surface area contributed by atoms with Gasteiger partial charge in [0.1, 0.15) is 23.7 Å². The van der Waals surface area contributed by atoms with Gasteiger partial charge in [-0.3, -0.25) is 0 Å². The van der Waals surface area contributed by atoms with E-state index < -0.39 is 0 Å². The first-order valence-corrected chi connectivity index (χ1v) is 7.21. The second-order valence-corrected chi connectivity index (χ2v) is 5.26. The molecule has 1 saturated heterocycles. The lowest BCUT2D eigenvalue weighted by Gasteiger charge is -2.24. The van der Waals surface area contributed by atoms with Gasteiger partial charge in [-0.05, 0) is 25.0 Å². The molecule has 0 unspecified atom stereocenters. The van der Waals surface area contributed by atoms with Crippen molar-refractivity contribution < 1.29 is 9.15 Å². The maximum Gasteiger partial charge on any atom is 0.134 e. The van der Waals surface area contributed by atoms with Gasteiger partial charge in [-0.15, -0.1) is 0 Å². The van der Waals surface area contributed by atoms with E-state index in [9.17, 15) is 0 Å². The van der Waals surface area contributed by atoms with Gasteiger partial charge in [-0.25, -0.2) is 9.97 Å². The van der Waals surface area contributed by atoms with E-state index in [1.807, 2.05) is 30.1 Å². The van der Waals surface area contributed by atoms with E-state index in [-0.39, 0.29) is 0 Å². The van der Waals surface area contributed by atoms with Crippen molar-refractivity contribution in [3.8, 4) is 0 Å². The number of ether oxygens (including phenoxy) is 1. The zero-order valence-corrected chi connectivity index (χ0v) is 12.2. The van der Waals surface area contributed by atoms with Crippen molar-refractivity contribution >= 4 is 11.6 Å². The molecule has 6 heteroatoms. The van der Waals surface area contributed by atoms with Crippen molar-refractivity contribution in [2.24, 2.45) is 0 Å². The average molecular weight is 288 g/mol. The fourth-order valence-electron chi connectivity index (χ4n) is 2.42. The van der Waals surface area contributed by atoms with Crippen LogP contribution in [0.2, 0.25) is 0 Å². The minimum atomic E-state index is 0.330. The van der Waals surface area contributed by atoms with Gasteiger partial charge in [0, 0.05) is 19.7 Å². The number of hydrogen-bond acceptors (Lipinski definition) is 6. The van der Waals surface area contributed by atoms with Crippen molar-refractivity contribution in [2.75, 3.05) is 30.5 Å². The first-order chi connectivity index (χ1) is 10.3. The molecule has 0 amide bonds. The summed E-state index contributed by atoms with van der Waals surface area (Å²) >= 11 is 0. The lowest BCUT2D eigenvalue weighted by Crippen LogP contribution is -2.30. The fourth-order valence-corrected chi connectivity index (χ4v) is 2.42. The average Bonchev–Trinajstić information content (AvgIpc) is 3.01. The normalized spacial score (nSPS) is 18.4. The van der Waals surface area contributed by atoms with Crippen LogP contribution in [0.4, 0.5) is 11.6 Å². The molecule has 0 spiro atoms. The largest absolute Gasteiger partial charge is 0.467 e. The Labute approximate surface area is 124 Å². The van der Waals surface area contributed by atoms with Crippen molar-refractivity contribution in [3.63, 3.8) is 0 Å². The Kier molecular flexibility index (Phi) is 4.35. The monoisotopic (exact) mass is 288 g/mol. The Morgan fingerprint density at radius 2 is 2.38 bits per heavy atom. The SMILES string of the molecule is CN(Cc1ccco1)c1cc(N[C@H]2CCCOC2)ncn1. The molecule has 2 aromatic rings. The smallest absolute Gasteiger partial charge is 0.134 e. The van der Waals surface area contributed by atoms with Crippen molar-refractivity contribution in [2.45, 2.75) is 25.4 Å². The van der Waals surface area contributed by atoms with Gasteiger partial charge in [0.2, 0.25) is 0 Å². The number of anilines is 2. The predicted octanol–water partition coefficient (Wildman–Crippen LogP) is 2.30. The van der Waals surface area contributed by atoms with Crippen LogP contribution in [0.1, 0.15) is 18.6 Å². The van der Waals surface area contributed by atoms with E-state index in [1.54, 1.807) is 12.6 Å². The van der Waals surface area contributed by atoms with E-state index in [1.165, 1.54) is 0 Å². The Hall–Kier alpha value is -2.08. The van der Waals surface area contributed by atoms with Gasteiger partial charge in [-0.1, -0.05) is 0 Å². The third-order valence-electron chi connectivity index (χ3n) is 3.53. The molecule has 1 N–H and O–H groups in total. The van der Waals surface area contributed by atoms with Crippen LogP contribution in [0, 0.1) is 0 Å². The highest BCUT2D eigenvalue weighted by Crippen LogP contribution is 2.18. The lowest BCUT2D eigenvalue weighted by molar-refractivity contribution is 0.0875. The van der Waals surface area contributed by atoms with E-state index in [0.717, 1.165) is 43.5 Å². The molecule has 3 heterocycles. The predicted molar refractivity (Wildman–Crippen MR) is 80.3 cm³/mol. The van der Waals surface area contributed by atoms with E-state index in [4.69, 9.17) is 9.15 Å². The summed E-state index contributed by atoms with van der Waals surface area (Å²) in [5.74, 6) is 2.61. The number of nitrogens with zero attached hydrogens (tertiary/aromatic N) is 3. The topological polar surface area (TPSA) is 63.4 Å². The highest BCUT2D eigenvalue weighted by molar-refractivity contribution is 5.48. The van der Waals surface area contributed by atoms with Gasteiger partial charge in [0.05, 0.1) is 25.5 Å². The standard InChI is InChI=1S/C15H20N4O2/c1-19(9-13-5-3-7-21-13)15-8-14(16-11-17-15)18-12-4-2-6-20-10-12/h3,5,7-8,11-12H,2,4,6,9-10H2,1H3,(H,16,17,18)/t12-/m0/s1. The number of furan rings is 1. The maximum atomic E-state index is 5.47. The second-order valence-electron chi connectivity index (χ2n) is 5.26. The molecule has 0 aliphatic carbocycles. The van der Waals surface area contributed by atoms with Crippen molar-refractivity contribution in [3.05, 3.63) is 36.5 Å². The zero-order chi connectivity index (χ0) is 14.5. The summed E-state index contributed by atoms with van der Waals surface area (Å²) in [5, 5.41) is 3.41. The number of rotatable bonds is 5. The van der Waals surface area contributed by atoms with E-state index in [2.05, 4.69) is 15.3 Å². The van der Waals surface area contributed by atoms with Gasteiger partial charge in [-0.2, -0.15) is 0 Å². The molecule has 2 aromatic heterocycles. The van der Waals surface area contributed by atoms with E-state index >= 15 is 0 Å². The van der Waals surface area contributed by atoms with Crippen LogP contribution in [0.5, 0.6) is 0 Å². The van der Waals surface area contributed by atoms with Crippen LogP contribution in [-0.4, -0.2) is 36.3 Å². The van der Waals surface area contributed by atoms with Crippen LogP contribution >= 0.6 is 0 Å². The van der Waals surface area contributed by atoms with Gasteiger partial charge < -0.3 is 19.4 Å². The van der Waals surface area contributed by atoms with Crippen LogP contribution in [0.3, 0.4) is 0 Å². The molecule has 0 radical (unpaired) electrons. The number of nitrogens with one attached hydrogen (secondary N) is 1. The molecule has 1 atom stereocenters. The molecule has 0 bridgehead atoms. The van der Waals surface area contributed by atoms with Crippen molar-refractivity contribution in [1.82, 2.24) is 9.97 Å². The third-order valence-corrected chi connectivity index (χ3v) is 3.53. The first-order valence-electron chi connectivity index (χ1n) is 7.21. The molecule has 1 aliphatic rings. The van der Waals surface area contributed by atoms with E-state index in [0.29, 0.717) is 12.6 Å². The summed E-state index contributed by atoms with van der Waals surface area (Å²) in [6.45, 7) is 2.27. The molecule has 1 aliphatic heterocycles. The van der Waals surface area contributed by atoms with Crippen LogP contribution in [0.15, 0.2) is 35.2 Å². The highest BCUT2D eigenvalue weighted by atomic mass is 16.5. The molecule has 3 rings (SSSR count). The molecule has 0 aromatic carbocycles. The minimum Gasteiger partial charge on any atom is -0.467 e. The summed E-state index contributed by atoms with van der Waals surface area (Å²) in [5.41, 5.74) is 0. The molecular weight excluding hydrogens is 268 g/mol. The summed E-state index contributed by atoms with van der Waals surface area (Å²) < 4.78 is 10.8. The molecule has 112 valence electrons. The summed E-state index contributed by atoms with van der Waals surface area (Å²) in [6, 6.07) is 6.13.